The predicted octanol–water partition coefficient (Wildman–Crippen LogP) is 0.0621. The van der Waals surface area contributed by atoms with Crippen LogP contribution in [0.2, 0.25) is 0 Å². The normalized spacial score (nSPS) is 10.4. The Balaban J connectivity index is 2.39. The number of nitro groups is 1. The van der Waals surface area contributed by atoms with Crippen LogP contribution >= 0.6 is 0 Å². The highest BCUT2D eigenvalue weighted by atomic mass is 16.6. The second kappa shape index (κ2) is 7.49. The van der Waals surface area contributed by atoms with Crippen LogP contribution in [0.15, 0.2) is 12.3 Å². The van der Waals surface area contributed by atoms with Crippen molar-refractivity contribution in [1.82, 2.24) is 9.88 Å². The van der Waals surface area contributed by atoms with Crippen molar-refractivity contribution in [3.63, 3.8) is 0 Å². The lowest BCUT2D eigenvalue weighted by molar-refractivity contribution is -0.384. The Kier molecular flexibility index (Phi) is 5.97. The Morgan fingerprint density at radius 3 is 2.89 bits per heavy atom. The SMILES string of the molecule is Cn1cc([N+](=O)[O-])cc1C(=O)NCCCOCCO. The fourth-order valence-electron chi connectivity index (χ4n) is 1.51. The minimum atomic E-state index is -0.542. The molecule has 19 heavy (non-hydrogen) atoms. The van der Waals surface area contributed by atoms with Crippen LogP contribution in [-0.4, -0.2) is 46.9 Å². The molecule has 0 aliphatic rings. The maximum Gasteiger partial charge on any atom is 0.287 e. The van der Waals surface area contributed by atoms with E-state index in [1.807, 2.05) is 0 Å². The van der Waals surface area contributed by atoms with Crippen molar-refractivity contribution in [3.8, 4) is 0 Å². The number of aromatic nitrogens is 1. The summed E-state index contributed by atoms with van der Waals surface area (Å²) in [5.41, 5.74) is 0.127. The third-order valence-electron chi connectivity index (χ3n) is 2.42. The molecule has 0 fully saturated rings. The van der Waals surface area contributed by atoms with E-state index in [0.717, 1.165) is 0 Å². The van der Waals surface area contributed by atoms with Gasteiger partial charge in [-0.3, -0.25) is 14.9 Å². The van der Waals surface area contributed by atoms with E-state index < -0.39 is 4.92 Å². The minimum absolute atomic E-state index is 0.0284. The lowest BCUT2D eigenvalue weighted by Gasteiger charge is -2.05. The lowest BCUT2D eigenvalue weighted by Crippen LogP contribution is -2.27. The number of carbonyl (C=O) groups is 1. The van der Waals surface area contributed by atoms with Crippen molar-refractivity contribution < 1.29 is 19.6 Å². The molecule has 1 aromatic rings. The summed E-state index contributed by atoms with van der Waals surface area (Å²) in [5.74, 6) is -0.363. The molecule has 0 atom stereocenters. The molecule has 0 bridgehead atoms. The zero-order valence-corrected chi connectivity index (χ0v) is 10.7. The van der Waals surface area contributed by atoms with Crippen LogP contribution in [0.4, 0.5) is 5.69 Å². The highest BCUT2D eigenvalue weighted by Gasteiger charge is 2.16. The summed E-state index contributed by atoms with van der Waals surface area (Å²) in [6.45, 7) is 1.09. The highest BCUT2D eigenvalue weighted by Crippen LogP contribution is 2.14. The molecule has 106 valence electrons. The number of rotatable bonds is 8. The van der Waals surface area contributed by atoms with Crippen molar-refractivity contribution in [1.29, 1.82) is 0 Å². The van der Waals surface area contributed by atoms with E-state index in [1.54, 1.807) is 7.05 Å². The molecular formula is C11H17N3O5. The summed E-state index contributed by atoms with van der Waals surface area (Å²) in [5, 5.41) is 21.7. The van der Waals surface area contributed by atoms with Crippen molar-refractivity contribution in [3.05, 3.63) is 28.1 Å². The number of hydrogen-bond acceptors (Lipinski definition) is 5. The minimum Gasteiger partial charge on any atom is -0.394 e. The average molecular weight is 271 g/mol. The molecule has 0 unspecified atom stereocenters. The zero-order chi connectivity index (χ0) is 14.3. The van der Waals surface area contributed by atoms with Gasteiger partial charge in [0.15, 0.2) is 0 Å². The number of nitrogens with zero attached hydrogens (tertiary/aromatic N) is 2. The van der Waals surface area contributed by atoms with Crippen molar-refractivity contribution in [2.24, 2.45) is 7.05 Å². The van der Waals surface area contributed by atoms with E-state index >= 15 is 0 Å². The monoisotopic (exact) mass is 271 g/mol. The Bertz CT molecular complexity index is 444. The molecule has 1 rings (SSSR count). The summed E-state index contributed by atoms with van der Waals surface area (Å²) in [7, 11) is 1.58. The smallest absolute Gasteiger partial charge is 0.287 e. The Labute approximate surface area is 110 Å². The quantitative estimate of drug-likeness (QED) is 0.395. The van der Waals surface area contributed by atoms with Gasteiger partial charge in [-0.25, -0.2) is 0 Å². The van der Waals surface area contributed by atoms with Gasteiger partial charge in [-0.05, 0) is 6.42 Å². The molecule has 8 heteroatoms. The van der Waals surface area contributed by atoms with Gasteiger partial charge in [0.1, 0.15) is 5.69 Å². The van der Waals surface area contributed by atoms with Gasteiger partial charge in [0.05, 0.1) is 24.3 Å². The van der Waals surface area contributed by atoms with E-state index in [1.165, 1.54) is 16.8 Å². The molecule has 0 saturated carbocycles. The summed E-state index contributed by atoms with van der Waals surface area (Å²) in [6.07, 6.45) is 1.90. The number of ether oxygens (including phenoxy) is 1. The molecule has 2 N–H and O–H groups in total. The van der Waals surface area contributed by atoms with Gasteiger partial charge in [0.2, 0.25) is 0 Å². The van der Waals surface area contributed by atoms with E-state index in [4.69, 9.17) is 9.84 Å². The third-order valence-corrected chi connectivity index (χ3v) is 2.42. The van der Waals surface area contributed by atoms with E-state index in [9.17, 15) is 14.9 Å². The van der Waals surface area contributed by atoms with Crippen LogP contribution in [0, 0.1) is 10.1 Å². The summed E-state index contributed by atoms with van der Waals surface area (Å²) in [6, 6.07) is 1.23. The Morgan fingerprint density at radius 2 is 2.32 bits per heavy atom. The van der Waals surface area contributed by atoms with Gasteiger partial charge in [-0.2, -0.15) is 0 Å². The Hall–Kier alpha value is -1.93. The van der Waals surface area contributed by atoms with Crippen molar-refractivity contribution >= 4 is 11.6 Å². The van der Waals surface area contributed by atoms with Gasteiger partial charge in [0.25, 0.3) is 11.6 Å². The van der Waals surface area contributed by atoms with Crippen LogP contribution in [0.3, 0.4) is 0 Å². The number of nitrogens with one attached hydrogen (secondary N) is 1. The van der Waals surface area contributed by atoms with Gasteiger partial charge in [-0.1, -0.05) is 0 Å². The number of hydrogen-bond donors (Lipinski definition) is 2. The van der Waals surface area contributed by atoms with Crippen LogP contribution in [0.25, 0.3) is 0 Å². The topological polar surface area (TPSA) is 107 Å². The maximum absolute atomic E-state index is 11.8. The van der Waals surface area contributed by atoms with Gasteiger partial charge in [0, 0.05) is 26.3 Å². The van der Waals surface area contributed by atoms with Crippen LogP contribution in [-0.2, 0) is 11.8 Å². The van der Waals surface area contributed by atoms with Crippen molar-refractivity contribution in [2.45, 2.75) is 6.42 Å². The number of amides is 1. The zero-order valence-electron chi connectivity index (χ0n) is 10.7. The van der Waals surface area contributed by atoms with Crippen LogP contribution in [0.1, 0.15) is 16.9 Å². The molecule has 0 aliphatic carbocycles. The van der Waals surface area contributed by atoms with Gasteiger partial charge >= 0.3 is 0 Å². The van der Waals surface area contributed by atoms with E-state index in [-0.39, 0.29) is 30.5 Å². The number of aliphatic hydroxyl groups is 1. The van der Waals surface area contributed by atoms with E-state index in [2.05, 4.69) is 5.32 Å². The van der Waals surface area contributed by atoms with Gasteiger partial charge < -0.3 is 19.7 Å². The molecule has 1 heterocycles. The largest absolute Gasteiger partial charge is 0.394 e. The molecule has 1 amide bonds. The van der Waals surface area contributed by atoms with Gasteiger partial charge in [-0.15, -0.1) is 0 Å². The first-order chi connectivity index (χ1) is 9.06. The number of aliphatic hydroxyl groups excluding tert-OH is 1. The summed E-state index contributed by atoms with van der Waals surface area (Å²) >= 11 is 0. The van der Waals surface area contributed by atoms with E-state index in [0.29, 0.717) is 19.6 Å². The Morgan fingerprint density at radius 1 is 1.58 bits per heavy atom. The summed E-state index contributed by atoms with van der Waals surface area (Å²) < 4.78 is 6.45. The third kappa shape index (κ3) is 4.68. The second-order valence-corrected chi connectivity index (χ2v) is 3.90. The van der Waals surface area contributed by atoms with Crippen LogP contribution in [0.5, 0.6) is 0 Å². The molecule has 0 aromatic carbocycles. The van der Waals surface area contributed by atoms with Crippen molar-refractivity contribution in [2.75, 3.05) is 26.4 Å². The maximum atomic E-state index is 11.8. The number of carbonyl (C=O) groups excluding carboxylic acids is 1. The summed E-state index contributed by atoms with van der Waals surface area (Å²) in [4.78, 5) is 21.8. The molecular weight excluding hydrogens is 254 g/mol. The molecule has 0 aliphatic heterocycles. The fraction of sp³-hybridized carbons (Fsp3) is 0.545. The first-order valence-corrected chi connectivity index (χ1v) is 5.84. The first kappa shape index (κ1) is 15.1. The average Bonchev–Trinajstić information content (AvgIpc) is 2.76. The first-order valence-electron chi connectivity index (χ1n) is 5.84. The molecule has 0 saturated heterocycles. The number of aryl methyl sites for hydroxylation is 1. The highest BCUT2D eigenvalue weighted by molar-refractivity contribution is 5.93. The lowest BCUT2D eigenvalue weighted by atomic mass is 10.3. The standard InChI is InChI=1S/C11H17N3O5/c1-13-8-9(14(17)18)7-10(13)11(16)12-3-2-5-19-6-4-15/h7-8,15H,2-6H2,1H3,(H,12,16). The molecule has 0 spiro atoms. The molecule has 0 radical (unpaired) electrons. The molecule has 1 aromatic heterocycles. The second-order valence-electron chi connectivity index (χ2n) is 3.90. The predicted molar refractivity (Wildman–Crippen MR) is 66.9 cm³/mol. The molecule has 8 nitrogen and oxygen atoms in total. The fourth-order valence-corrected chi connectivity index (χ4v) is 1.51. The van der Waals surface area contributed by atoms with Crippen LogP contribution < -0.4 is 5.32 Å².